The summed E-state index contributed by atoms with van der Waals surface area (Å²) >= 11 is 0. The molecule has 1 aromatic carbocycles. The van der Waals surface area contributed by atoms with Crippen molar-refractivity contribution in [2.24, 2.45) is 5.92 Å². The average molecular weight is 276 g/mol. The van der Waals surface area contributed by atoms with Crippen LogP contribution in [0.15, 0.2) is 18.2 Å². The van der Waals surface area contributed by atoms with Gasteiger partial charge >= 0.3 is 0 Å². The number of rotatable bonds is 6. The summed E-state index contributed by atoms with van der Waals surface area (Å²) in [6.45, 7) is 10.8. The summed E-state index contributed by atoms with van der Waals surface area (Å²) in [5.74, 6) is 0.699. The van der Waals surface area contributed by atoms with Crippen LogP contribution in [0.1, 0.15) is 31.4 Å². The normalized spacial score (nSPS) is 19.1. The fourth-order valence-electron chi connectivity index (χ4n) is 2.73. The summed E-state index contributed by atoms with van der Waals surface area (Å²) in [6.07, 6.45) is 1.52. The minimum absolute atomic E-state index is 0.391. The van der Waals surface area contributed by atoms with Gasteiger partial charge in [0, 0.05) is 32.4 Å². The minimum Gasteiger partial charge on any atom is -0.380 e. The van der Waals surface area contributed by atoms with Crippen LogP contribution in [0.2, 0.25) is 0 Å². The van der Waals surface area contributed by atoms with Crippen LogP contribution in [-0.4, -0.2) is 32.8 Å². The van der Waals surface area contributed by atoms with Gasteiger partial charge in [0.05, 0.1) is 6.10 Å². The Labute approximate surface area is 123 Å². The Balaban J connectivity index is 1.95. The van der Waals surface area contributed by atoms with Gasteiger partial charge in [-0.2, -0.15) is 0 Å². The van der Waals surface area contributed by atoms with E-state index in [0.717, 1.165) is 32.6 Å². The summed E-state index contributed by atoms with van der Waals surface area (Å²) in [4.78, 5) is 2.42. The van der Waals surface area contributed by atoms with Crippen LogP contribution in [0.25, 0.3) is 0 Å². The predicted octanol–water partition coefficient (Wildman–Crippen LogP) is 2.97. The maximum Gasteiger partial charge on any atom is 0.0762 e. The molecule has 1 aromatic rings. The summed E-state index contributed by atoms with van der Waals surface area (Å²) in [5, 5.41) is 3.51. The molecule has 0 bridgehead atoms. The molecular weight excluding hydrogens is 248 g/mol. The first-order valence-corrected chi connectivity index (χ1v) is 7.68. The van der Waals surface area contributed by atoms with E-state index < -0.39 is 0 Å². The van der Waals surface area contributed by atoms with Crippen molar-refractivity contribution >= 4 is 5.69 Å². The maximum atomic E-state index is 5.44. The SMILES string of the molecule is COC1CCN(c2ccc(CNCC(C)C)c(C)c2)C1. The Bertz CT molecular complexity index is 431. The van der Waals surface area contributed by atoms with Gasteiger partial charge in [-0.05, 0) is 49.1 Å². The Hall–Kier alpha value is -1.06. The van der Waals surface area contributed by atoms with Gasteiger partial charge in [0.2, 0.25) is 0 Å². The third-order valence-corrected chi connectivity index (χ3v) is 4.04. The highest BCUT2D eigenvalue weighted by Gasteiger charge is 2.22. The molecule has 3 nitrogen and oxygen atoms in total. The molecule has 1 aliphatic heterocycles. The highest BCUT2D eigenvalue weighted by atomic mass is 16.5. The molecule has 1 N–H and O–H groups in total. The lowest BCUT2D eigenvalue weighted by Crippen LogP contribution is -2.22. The molecule has 0 amide bonds. The first kappa shape index (κ1) is 15.3. The van der Waals surface area contributed by atoms with Crippen LogP contribution in [0.5, 0.6) is 0 Å². The van der Waals surface area contributed by atoms with E-state index in [2.05, 4.69) is 49.2 Å². The Morgan fingerprint density at radius 2 is 2.20 bits per heavy atom. The molecule has 20 heavy (non-hydrogen) atoms. The molecule has 3 heteroatoms. The van der Waals surface area contributed by atoms with E-state index in [1.165, 1.54) is 16.8 Å². The lowest BCUT2D eigenvalue weighted by Gasteiger charge is -2.20. The molecule has 0 radical (unpaired) electrons. The molecule has 0 aliphatic carbocycles. The van der Waals surface area contributed by atoms with E-state index in [4.69, 9.17) is 4.74 Å². The summed E-state index contributed by atoms with van der Waals surface area (Å²) in [5.41, 5.74) is 4.10. The second kappa shape index (κ2) is 7.09. The highest BCUT2D eigenvalue weighted by Crippen LogP contribution is 2.24. The Morgan fingerprint density at radius 1 is 1.40 bits per heavy atom. The van der Waals surface area contributed by atoms with Crippen molar-refractivity contribution in [3.05, 3.63) is 29.3 Å². The number of hydrogen-bond acceptors (Lipinski definition) is 3. The van der Waals surface area contributed by atoms with E-state index in [9.17, 15) is 0 Å². The van der Waals surface area contributed by atoms with E-state index >= 15 is 0 Å². The third-order valence-electron chi connectivity index (χ3n) is 4.04. The molecule has 1 saturated heterocycles. The van der Waals surface area contributed by atoms with Crippen LogP contribution in [0.3, 0.4) is 0 Å². The van der Waals surface area contributed by atoms with Crippen molar-refractivity contribution < 1.29 is 4.74 Å². The quantitative estimate of drug-likeness (QED) is 0.864. The molecule has 1 unspecified atom stereocenters. The molecular formula is C17H28N2O. The van der Waals surface area contributed by atoms with Crippen LogP contribution in [0.4, 0.5) is 5.69 Å². The van der Waals surface area contributed by atoms with Crippen LogP contribution >= 0.6 is 0 Å². The Kier molecular flexibility index (Phi) is 5.44. The monoisotopic (exact) mass is 276 g/mol. The van der Waals surface area contributed by atoms with Gasteiger partial charge < -0.3 is 15.0 Å². The molecule has 0 saturated carbocycles. The van der Waals surface area contributed by atoms with Crippen LogP contribution in [-0.2, 0) is 11.3 Å². The summed E-state index contributed by atoms with van der Waals surface area (Å²) in [7, 11) is 1.81. The average Bonchev–Trinajstić information content (AvgIpc) is 2.89. The molecule has 0 aromatic heterocycles. The fraction of sp³-hybridized carbons (Fsp3) is 0.647. The summed E-state index contributed by atoms with van der Waals surface area (Å²) in [6, 6.07) is 6.82. The largest absolute Gasteiger partial charge is 0.380 e. The van der Waals surface area contributed by atoms with Gasteiger partial charge in [0.25, 0.3) is 0 Å². The zero-order chi connectivity index (χ0) is 14.5. The van der Waals surface area contributed by atoms with E-state index in [-0.39, 0.29) is 0 Å². The van der Waals surface area contributed by atoms with Gasteiger partial charge in [0.1, 0.15) is 0 Å². The summed E-state index contributed by atoms with van der Waals surface area (Å²) < 4.78 is 5.44. The lowest BCUT2D eigenvalue weighted by molar-refractivity contribution is 0.121. The van der Waals surface area contributed by atoms with Crippen molar-refractivity contribution in [2.75, 3.05) is 31.6 Å². The number of benzene rings is 1. The highest BCUT2D eigenvalue weighted by molar-refractivity contribution is 5.51. The second-order valence-corrected chi connectivity index (χ2v) is 6.23. The maximum absolute atomic E-state index is 5.44. The van der Waals surface area contributed by atoms with Crippen LogP contribution < -0.4 is 10.2 Å². The zero-order valence-electron chi connectivity index (χ0n) is 13.3. The number of ether oxygens (including phenoxy) is 1. The molecule has 1 heterocycles. The van der Waals surface area contributed by atoms with E-state index in [0.29, 0.717) is 12.0 Å². The number of aryl methyl sites for hydroxylation is 1. The van der Waals surface area contributed by atoms with Crippen molar-refractivity contribution in [3.63, 3.8) is 0 Å². The molecule has 2 rings (SSSR count). The van der Waals surface area contributed by atoms with Gasteiger partial charge in [-0.25, -0.2) is 0 Å². The van der Waals surface area contributed by atoms with Gasteiger partial charge in [-0.3, -0.25) is 0 Å². The number of nitrogens with zero attached hydrogens (tertiary/aromatic N) is 1. The second-order valence-electron chi connectivity index (χ2n) is 6.23. The standard InChI is InChI=1S/C17H28N2O/c1-13(2)10-18-11-15-5-6-16(9-14(15)3)19-8-7-17(12-19)20-4/h5-6,9,13,17-18H,7-8,10-12H2,1-4H3. The van der Waals surface area contributed by atoms with Gasteiger partial charge in [-0.15, -0.1) is 0 Å². The number of methoxy groups -OCH3 is 1. The zero-order valence-corrected chi connectivity index (χ0v) is 13.3. The molecule has 112 valence electrons. The van der Waals surface area contributed by atoms with Crippen molar-refractivity contribution in [2.45, 2.75) is 39.8 Å². The topological polar surface area (TPSA) is 24.5 Å². The molecule has 1 atom stereocenters. The molecule has 1 aliphatic rings. The van der Waals surface area contributed by atoms with Gasteiger partial charge in [0.15, 0.2) is 0 Å². The Morgan fingerprint density at radius 3 is 2.80 bits per heavy atom. The smallest absolute Gasteiger partial charge is 0.0762 e. The fourth-order valence-corrected chi connectivity index (χ4v) is 2.73. The van der Waals surface area contributed by atoms with Crippen molar-refractivity contribution in [1.29, 1.82) is 0 Å². The predicted molar refractivity (Wildman–Crippen MR) is 85.4 cm³/mol. The first-order chi connectivity index (χ1) is 9.60. The third kappa shape index (κ3) is 3.97. The lowest BCUT2D eigenvalue weighted by atomic mass is 10.1. The number of anilines is 1. The van der Waals surface area contributed by atoms with Crippen molar-refractivity contribution in [3.8, 4) is 0 Å². The van der Waals surface area contributed by atoms with Gasteiger partial charge in [-0.1, -0.05) is 19.9 Å². The first-order valence-electron chi connectivity index (χ1n) is 7.68. The molecule has 1 fully saturated rings. The molecule has 0 spiro atoms. The van der Waals surface area contributed by atoms with E-state index in [1.54, 1.807) is 0 Å². The minimum atomic E-state index is 0.391. The van der Waals surface area contributed by atoms with E-state index in [1.807, 2.05) is 7.11 Å². The van der Waals surface area contributed by atoms with Crippen LogP contribution in [0, 0.1) is 12.8 Å². The van der Waals surface area contributed by atoms with Crippen molar-refractivity contribution in [1.82, 2.24) is 5.32 Å². The number of hydrogen-bond donors (Lipinski definition) is 1. The number of nitrogens with one attached hydrogen (secondary N) is 1.